The highest BCUT2D eigenvalue weighted by Gasteiger charge is 2.09. The molecule has 0 aliphatic carbocycles. The standard InChI is InChI=1S/C11H14O3S.C10H12O3.C9H12OS.C8H10OS.2C8H10O.3C2H6/c1-7-4-9(15-3)5-8(2)11(7)14-6-10(12)13;1-7-4-3-5-8(2)10(7)13-6-9(11)12;1-6-4-8(11-3)5-7(2)9(6)10;1-5-3-7(10)4-6(2)8(5)9;2*1-6-4-3-5-7(2)8(6)9;3*1-2/h4-5H,6H2,1-3H3,(H,12,13);3-5H,6H2,1-2H3,(H,11,12);4-5,10H,1-3H3;3-4,9-10H,1-2H3;2*3-5,9H,1-2H3;3*1-2H3. The molecule has 6 aromatic rings. The number of aryl methyl sites for hydroxylation is 12. The van der Waals surface area contributed by atoms with E-state index in [1.165, 1.54) is 4.90 Å². The van der Waals surface area contributed by atoms with E-state index >= 15 is 0 Å². The number of carbonyl (C=O) groups is 2. The van der Waals surface area contributed by atoms with Crippen molar-refractivity contribution < 1.29 is 49.7 Å². The zero-order chi connectivity index (χ0) is 57.1. The second-order valence-corrected chi connectivity index (χ2v) is 18.0. The van der Waals surface area contributed by atoms with Gasteiger partial charge in [-0.1, -0.05) is 96.1 Å². The number of carboxylic acids is 2. The van der Waals surface area contributed by atoms with E-state index in [0.717, 1.165) is 76.6 Å². The maximum Gasteiger partial charge on any atom is 0.341 e. The van der Waals surface area contributed by atoms with Crippen LogP contribution in [0.4, 0.5) is 0 Å². The monoisotopic (exact) mass is 1060 g/mol. The molecule has 0 amide bonds. The number of thiol groups is 1. The Morgan fingerprint density at radius 2 is 0.616 bits per heavy atom. The zero-order valence-electron chi connectivity index (χ0n) is 47.2. The highest BCUT2D eigenvalue weighted by molar-refractivity contribution is 7.98. The summed E-state index contributed by atoms with van der Waals surface area (Å²) in [5.41, 5.74) is 11.3. The fourth-order valence-corrected chi connectivity index (χ4v) is 7.69. The first-order valence-electron chi connectivity index (χ1n) is 24.1. The van der Waals surface area contributed by atoms with Crippen LogP contribution < -0.4 is 9.47 Å². The minimum absolute atomic E-state index is 0.286. The van der Waals surface area contributed by atoms with E-state index in [0.29, 0.717) is 34.5 Å². The van der Waals surface area contributed by atoms with Crippen molar-refractivity contribution in [2.24, 2.45) is 0 Å². The molecule has 0 radical (unpaired) electrons. The van der Waals surface area contributed by atoms with Crippen molar-refractivity contribution in [3.63, 3.8) is 0 Å². The molecular weight excluding hydrogens is 977 g/mol. The highest BCUT2D eigenvalue weighted by Crippen LogP contribution is 2.30. The number of thioether (sulfide) groups is 2. The average Bonchev–Trinajstić information content (AvgIpc) is 3.35. The van der Waals surface area contributed by atoms with Gasteiger partial charge in [-0.15, -0.1) is 36.2 Å². The van der Waals surface area contributed by atoms with Crippen LogP contribution in [-0.4, -0.2) is 68.3 Å². The van der Waals surface area contributed by atoms with Crippen LogP contribution in [0.15, 0.2) is 106 Å². The molecule has 6 rings (SSSR count). The largest absolute Gasteiger partial charge is 0.507 e. The molecule has 0 aliphatic rings. The van der Waals surface area contributed by atoms with Gasteiger partial charge in [0.1, 0.15) is 34.5 Å². The normalized spacial score (nSPS) is 9.27. The molecular formula is C60H86O10S3. The van der Waals surface area contributed by atoms with Gasteiger partial charge in [0, 0.05) is 14.7 Å². The van der Waals surface area contributed by atoms with Crippen LogP contribution in [0.5, 0.6) is 34.5 Å². The number of phenols is 4. The molecule has 0 spiro atoms. The summed E-state index contributed by atoms with van der Waals surface area (Å²) in [6.07, 6.45) is 4.04. The lowest BCUT2D eigenvalue weighted by molar-refractivity contribution is -0.140. The maximum absolute atomic E-state index is 10.4. The third-order valence-corrected chi connectivity index (χ3v) is 11.5. The van der Waals surface area contributed by atoms with Gasteiger partial charge in [0.2, 0.25) is 0 Å². The van der Waals surface area contributed by atoms with Gasteiger partial charge in [-0.05, 0) is 199 Å². The van der Waals surface area contributed by atoms with Crippen LogP contribution >= 0.6 is 36.2 Å². The molecule has 0 bridgehead atoms. The number of aliphatic carboxylic acids is 2. The first-order valence-corrected chi connectivity index (χ1v) is 27.0. The first-order chi connectivity index (χ1) is 34.3. The van der Waals surface area contributed by atoms with Crippen molar-refractivity contribution >= 4 is 48.1 Å². The van der Waals surface area contributed by atoms with Gasteiger partial charge < -0.3 is 40.1 Å². The molecule has 0 unspecified atom stereocenters. The van der Waals surface area contributed by atoms with E-state index in [4.69, 9.17) is 19.7 Å². The Morgan fingerprint density at radius 3 is 0.863 bits per heavy atom. The van der Waals surface area contributed by atoms with Gasteiger partial charge >= 0.3 is 11.9 Å². The number of carboxylic acid groups (broad SMARTS) is 2. The summed E-state index contributed by atoms with van der Waals surface area (Å²) >= 11 is 7.51. The third kappa shape index (κ3) is 28.2. The van der Waals surface area contributed by atoms with Crippen LogP contribution in [0.1, 0.15) is 108 Å². The zero-order valence-corrected chi connectivity index (χ0v) is 49.7. The van der Waals surface area contributed by atoms with Gasteiger partial charge in [0.05, 0.1) is 0 Å². The lowest BCUT2D eigenvalue weighted by Gasteiger charge is -2.11. The van der Waals surface area contributed by atoms with E-state index in [1.807, 2.05) is 228 Å². The van der Waals surface area contributed by atoms with Crippen molar-refractivity contribution in [1.82, 2.24) is 0 Å². The van der Waals surface area contributed by atoms with Crippen molar-refractivity contribution in [3.05, 3.63) is 158 Å². The summed E-state index contributed by atoms with van der Waals surface area (Å²) in [4.78, 5) is 23.9. The Morgan fingerprint density at radius 1 is 0.397 bits per heavy atom. The molecule has 0 aliphatic heterocycles. The predicted molar refractivity (Wildman–Crippen MR) is 313 cm³/mol. The smallest absolute Gasteiger partial charge is 0.341 e. The lowest BCUT2D eigenvalue weighted by atomic mass is 10.1. The van der Waals surface area contributed by atoms with Crippen LogP contribution in [0, 0.1) is 83.1 Å². The van der Waals surface area contributed by atoms with Crippen LogP contribution in [-0.2, 0) is 9.59 Å². The predicted octanol–water partition coefficient (Wildman–Crippen LogP) is 16.4. The number of rotatable bonds is 8. The number of hydrogen-bond acceptors (Lipinski definition) is 11. The Balaban J connectivity index is -0.000000794. The minimum atomic E-state index is -0.956. The van der Waals surface area contributed by atoms with Crippen LogP contribution in [0.25, 0.3) is 0 Å². The summed E-state index contributed by atoms with van der Waals surface area (Å²) < 4.78 is 10.3. The second kappa shape index (κ2) is 39.6. The number of ether oxygens (including phenoxy) is 2. The molecule has 0 saturated heterocycles. The van der Waals surface area contributed by atoms with E-state index in [1.54, 1.807) is 23.5 Å². The van der Waals surface area contributed by atoms with Crippen molar-refractivity contribution in [1.29, 1.82) is 0 Å². The highest BCUT2D eigenvalue weighted by atomic mass is 32.2. The Labute approximate surface area is 452 Å². The summed E-state index contributed by atoms with van der Waals surface area (Å²) in [5, 5.41) is 54.1. The van der Waals surface area contributed by atoms with Crippen molar-refractivity contribution in [2.75, 3.05) is 25.7 Å². The Kier molecular flexibility index (Phi) is 38.7. The molecule has 404 valence electrons. The number of aromatic hydroxyl groups is 4. The van der Waals surface area contributed by atoms with Gasteiger partial charge in [-0.2, -0.15) is 0 Å². The number of phenolic OH excluding ortho intramolecular Hbond substituents is 4. The molecule has 0 saturated carbocycles. The maximum atomic E-state index is 10.4. The quantitative estimate of drug-likeness (QED) is 0.0569. The summed E-state index contributed by atoms with van der Waals surface area (Å²) in [6, 6.07) is 28.8. The Hall–Kier alpha value is -5.89. The van der Waals surface area contributed by atoms with Gasteiger partial charge in [-0.25, -0.2) is 9.59 Å². The molecule has 6 N–H and O–H groups in total. The fraction of sp³-hybridized carbons (Fsp3) is 0.367. The average molecular weight is 1060 g/mol. The van der Waals surface area contributed by atoms with E-state index in [9.17, 15) is 30.0 Å². The van der Waals surface area contributed by atoms with Crippen molar-refractivity contribution in [3.8, 4) is 34.5 Å². The fourth-order valence-electron chi connectivity index (χ4n) is 6.13. The molecule has 13 heteroatoms. The number of benzene rings is 6. The van der Waals surface area contributed by atoms with E-state index < -0.39 is 11.9 Å². The van der Waals surface area contributed by atoms with Gasteiger partial charge in [0.15, 0.2) is 13.2 Å². The molecule has 10 nitrogen and oxygen atoms in total. The molecule has 0 heterocycles. The van der Waals surface area contributed by atoms with Gasteiger partial charge in [-0.3, -0.25) is 0 Å². The molecule has 0 fully saturated rings. The second-order valence-electron chi connectivity index (χ2n) is 15.7. The number of hydrogen-bond donors (Lipinski definition) is 7. The van der Waals surface area contributed by atoms with E-state index in [2.05, 4.69) is 12.6 Å². The van der Waals surface area contributed by atoms with Gasteiger partial charge in [0.25, 0.3) is 0 Å². The van der Waals surface area contributed by atoms with E-state index in [-0.39, 0.29) is 13.2 Å². The van der Waals surface area contributed by atoms with Crippen molar-refractivity contribution in [2.45, 2.75) is 139 Å². The number of para-hydroxylation sites is 3. The first kappa shape index (κ1) is 71.4. The SMILES string of the molecule is CC.CC.CC.CSc1cc(C)c(O)c(C)c1.CSc1cc(C)c(OCC(=O)O)c(C)c1.Cc1cc(S)cc(C)c1O.Cc1cccc(C)c1O.Cc1cccc(C)c1O.Cc1cccc(C)c1OCC(=O)O. The molecule has 6 aromatic carbocycles. The summed E-state index contributed by atoms with van der Waals surface area (Å²) in [7, 11) is 0. The summed E-state index contributed by atoms with van der Waals surface area (Å²) in [5.74, 6) is 1.06. The summed E-state index contributed by atoms with van der Waals surface area (Å²) in [6.45, 7) is 34.2. The third-order valence-electron chi connectivity index (χ3n) is 9.81. The Bertz CT molecular complexity index is 2380. The molecule has 0 atom stereocenters. The molecule has 0 aromatic heterocycles. The minimum Gasteiger partial charge on any atom is -0.507 e. The lowest BCUT2D eigenvalue weighted by Crippen LogP contribution is -2.10. The molecule has 73 heavy (non-hydrogen) atoms. The van der Waals surface area contributed by atoms with Crippen LogP contribution in [0.3, 0.4) is 0 Å². The van der Waals surface area contributed by atoms with Crippen LogP contribution in [0.2, 0.25) is 0 Å². The topological polar surface area (TPSA) is 174 Å².